The van der Waals surface area contributed by atoms with Gasteiger partial charge in [0, 0.05) is 14.9 Å². The Hall–Kier alpha value is -1.00. The highest BCUT2D eigenvalue weighted by Gasteiger charge is 2.15. The fraction of sp³-hybridized carbons (Fsp3) is 0.294. The van der Waals surface area contributed by atoms with Gasteiger partial charge in [-0.3, -0.25) is 0 Å². The van der Waals surface area contributed by atoms with E-state index in [2.05, 4.69) is 50.1 Å². The SMILES string of the molecule is CCOc1ccc(Br)cc1C(Br)Cc1cccc(OC)c1. The summed E-state index contributed by atoms with van der Waals surface area (Å²) in [5, 5.41) is 0. The lowest BCUT2D eigenvalue weighted by molar-refractivity contribution is 0.336. The Balaban J connectivity index is 2.22. The lowest BCUT2D eigenvalue weighted by Crippen LogP contribution is -2.01. The third-order valence-corrected chi connectivity index (χ3v) is 4.47. The van der Waals surface area contributed by atoms with Crippen molar-refractivity contribution < 1.29 is 9.47 Å². The summed E-state index contributed by atoms with van der Waals surface area (Å²) in [6.45, 7) is 2.66. The topological polar surface area (TPSA) is 18.5 Å². The van der Waals surface area contributed by atoms with Crippen molar-refractivity contribution in [2.24, 2.45) is 0 Å². The molecule has 0 saturated heterocycles. The van der Waals surface area contributed by atoms with Gasteiger partial charge in [0.05, 0.1) is 13.7 Å². The molecule has 0 N–H and O–H groups in total. The Kier molecular flexibility index (Phi) is 6.12. The predicted octanol–water partition coefficient (Wildman–Crippen LogP) is 5.54. The summed E-state index contributed by atoms with van der Waals surface area (Å²) in [7, 11) is 1.69. The Bertz CT molecular complexity index is 599. The molecule has 1 atom stereocenters. The van der Waals surface area contributed by atoms with Crippen LogP contribution in [0, 0.1) is 0 Å². The van der Waals surface area contributed by atoms with Crippen LogP contribution in [0.3, 0.4) is 0 Å². The Labute approximate surface area is 142 Å². The second-order valence-electron chi connectivity index (χ2n) is 4.64. The van der Waals surface area contributed by atoms with E-state index in [0.717, 1.165) is 28.0 Å². The zero-order valence-corrected chi connectivity index (χ0v) is 15.3. The second-order valence-corrected chi connectivity index (χ2v) is 6.66. The molecule has 2 nitrogen and oxygen atoms in total. The van der Waals surface area contributed by atoms with E-state index in [0.29, 0.717) is 6.61 Å². The summed E-state index contributed by atoms with van der Waals surface area (Å²) in [6.07, 6.45) is 0.869. The molecule has 21 heavy (non-hydrogen) atoms. The molecule has 0 bridgehead atoms. The van der Waals surface area contributed by atoms with Gasteiger partial charge in [-0.05, 0) is 49.2 Å². The van der Waals surface area contributed by atoms with Gasteiger partial charge in [0.25, 0.3) is 0 Å². The molecule has 2 aromatic rings. The van der Waals surface area contributed by atoms with E-state index in [1.807, 2.05) is 31.2 Å². The van der Waals surface area contributed by atoms with Crippen LogP contribution >= 0.6 is 31.9 Å². The highest BCUT2D eigenvalue weighted by Crippen LogP contribution is 2.36. The third-order valence-electron chi connectivity index (χ3n) is 3.16. The van der Waals surface area contributed by atoms with Gasteiger partial charge >= 0.3 is 0 Å². The van der Waals surface area contributed by atoms with Crippen molar-refractivity contribution in [2.75, 3.05) is 13.7 Å². The smallest absolute Gasteiger partial charge is 0.123 e. The van der Waals surface area contributed by atoms with Gasteiger partial charge in [0.2, 0.25) is 0 Å². The van der Waals surface area contributed by atoms with E-state index >= 15 is 0 Å². The minimum absolute atomic E-state index is 0.184. The molecular weight excluding hydrogens is 396 g/mol. The van der Waals surface area contributed by atoms with E-state index in [1.54, 1.807) is 7.11 Å². The van der Waals surface area contributed by atoms with Gasteiger partial charge in [-0.1, -0.05) is 44.0 Å². The van der Waals surface area contributed by atoms with Crippen LogP contribution in [0.5, 0.6) is 11.5 Å². The standard InChI is InChI=1S/C17H18Br2O2/c1-3-21-17-8-7-13(18)11-15(17)16(19)10-12-5-4-6-14(9-12)20-2/h4-9,11,16H,3,10H2,1-2H3. The minimum atomic E-state index is 0.184. The number of benzene rings is 2. The molecule has 0 amide bonds. The number of halogens is 2. The minimum Gasteiger partial charge on any atom is -0.497 e. The van der Waals surface area contributed by atoms with E-state index in [4.69, 9.17) is 9.47 Å². The molecule has 2 rings (SSSR count). The molecule has 0 radical (unpaired) electrons. The van der Waals surface area contributed by atoms with Crippen LogP contribution in [0.15, 0.2) is 46.9 Å². The summed E-state index contributed by atoms with van der Waals surface area (Å²) >= 11 is 7.31. The van der Waals surface area contributed by atoms with Gasteiger partial charge in [-0.15, -0.1) is 0 Å². The van der Waals surface area contributed by atoms with Gasteiger partial charge in [-0.25, -0.2) is 0 Å². The molecule has 2 aromatic carbocycles. The molecule has 0 aliphatic carbocycles. The van der Waals surface area contributed by atoms with E-state index in [1.165, 1.54) is 5.56 Å². The number of rotatable bonds is 6. The molecular formula is C17H18Br2O2. The van der Waals surface area contributed by atoms with Crippen molar-refractivity contribution in [3.8, 4) is 11.5 Å². The maximum absolute atomic E-state index is 5.72. The highest BCUT2D eigenvalue weighted by molar-refractivity contribution is 9.10. The van der Waals surface area contributed by atoms with Crippen molar-refractivity contribution in [3.05, 3.63) is 58.1 Å². The predicted molar refractivity (Wildman–Crippen MR) is 93.7 cm³/mol. The molecule has 4 heteroatoms. The quantitative estimate of drug-likeness (QED) is 0.579. The maximum atomic E-state index is 5.72. The first-order valence-electron chi connectivity index (χ1n) is 6.83. The molecule has 0 aromatic heterocycles. The molecule has 0 aliphatic heterocycles. The fourth-order valence-corrected chi connectivity index (χ4v) is 3.28. The van der Waals surface area contributed by atoms with Crippen LogP contribution in [0.4, 0.5) is 0 Å². The number of methoxy groups -OCH3 is 1. The van der Waals surface area contributed by atoms with Gasteiger partial charge in [-0.2, -0.15) is 0 Å². The molecule has 0 aliphatic rings. The van der Waals surface area contributed by atoms with E-state index in [-0.39, 0.29) is 4.83 Å². The summed E-state index contributed by atoms with van der Waals surface area (Å²) in [6, 6.07) is 14.2. The summed E-state index contributed by atoms with van der Waals surface area (Å²) in [5.41, 5.74) is 2.37. The molecule has 112 valence electrons. The van der Waals surface area contributed by atoms with Crippen molar-refractivity contribution >= 4 is 31.9 Å². The average Bonchev–Trinajstić information content (AvgIpc) is 2.49. The number of alkyl halides is 1. The molecule has 0 saturated carbocycles. The molecule has 1 unspecified atom stereocenters. The van der Waals surface area contributed by atoms with Crippen LogP contribution in [-0.4, -0.2) is 13.7 Å². The summed E-state index contributed by atoms with van der Waals surface area (Å²) in [5.74, 6) is 1.80. The monoisotopic (exact) mass is 412 g/mol. The van der Waals surface area contributed by atoms with Crippen LogP contribution < -0.4 is 9.47 Å². The first-order chi connectivity index (χ1) is 10.1. The second kappa shape index (κ2) is 7.85. The van der Waals surface area contributed by atoms with E-state index in [9.17, 15) is 0 Å². The van der Waals surface area contributed by atoms with Crippen LogP contribution in [0.1, 0.15) is 22.9 Å². The summed E-state index contributed by atoms with van der Waals surface area (Å²) < 4.78 is 12.0. The largest absolute Gasteiger partial charge is 0.497 e. The zero-order chi connectivity index (χ0) is 15.2. The first-order valence-corrected chi connectivity index (χ1v) is 8.54. The summed E-state index contributed by atoms with van der Waals surface area (Å²) in [4.78, 5) is 0.184. The van der Waals surface area contributed by atoms with E-state index < -0.39 is 0 Å². The highest BCUT2D eigenvalue weighted by atomic mass is 79.9. The Morgan fingerprint density at radius 1 is 1.14 bits per heavy atom. The van der Waals surface area contributed by atoms with Crippen LogP contribution in [0.25, 0.3) is 0 Å². The lowest BCUT2D eigenvalue weighted by Gasteiger charge is -2.16. The molecule has 0 fully saturated rings. The Morgan fingerprint density at radius 3 is 2.67 bits per heavy atom. The van der Waals surface area contributed by atoms with Crippen molar-refractivity contribution in [3.63, 3.8) is 0 Å². The fourth-order valence-electron chi connectivity index (χ4n) is 2.17. The lowest BCUT2D eigenvalue weighted by atomic mass is 10.0. The number of hydrogen-bond donors (Lipinski definition) is 0. The maximum Gasteiger partial charge on any atom is 0.123 e. The first kappa shape index (κ1) is 16.4. The third kappa shape index (κ3) is 4.48. The van der Waals surface area contributed by atoms with Crippen molar-refractivity contribution in [2.45, 2.75) is 18.2 Å². The van der Waals surface area contributed by atoms with Crippen molar-refractivity contribution in [1.29, 1.82) is 0 Å². The van der Waals surface area contributed by atoms with Crippen LogP contribution in [-0.2, 0) is 6.42 Å². The van der Waals surface area contributed by atoms with Gasteiger partial charge in [0.15, 0.2) is 0 Å². The average molecular weight is 414 g/mol. The van der Waals surface area contributed by atoms with Crippen LogP contribution in [0.2, 0.25) is 0 Å². The van der Waals surface area contributed by atoms with Crippen molar-refractivity contribution in [1.82, 2.24) is 0 Å². The number of ether oxygens (including phenoxy) is 2. The van der Waals surface area contributed by atoms with Gasteiger partial charge in [0.1, 0.15) is 11.5 Å². The van der Waals surface area contributed by atoms with Gasteiger partial charge < -0.3 is 9.47 Å². The molecule has 0 spiro atoms. The normalized spacial score (nSPS) is 12.0. The number of hydrogen-bond acceptors (Lipinski definition) is 2. The molecule has 0 heterocycles. The Morgan fingerprint density at radius 2 is 1.95 bits per heavy atom. The zero-order valence-electron chi connectivity index (χ0n) is 12.1.